The smallest absolute Gasteiger partial charge is 0.191 e. The fourth-order valence-electron chi connectivity index (χ4n) is 0.986. The minimum Gasteiger partial charge on any atom is -0.370 e. The number of hydrogen-bond acceptors (Lipinski definition) is 2. The Morgan fingerprint density at radius 2 is 1.93 bits per heavy atom. The molecule has 3 nitrogen and oxygen atoms in total. The summed E-state index contributed by atoms with van der Waals surface area (Å²) in [5.74, 6) is 1.24. The van der Waals surface area contributed by atoms with Crippen LogP contribution in [0, 0.1) is 0 Å². The van der Waals surface area contributed by atoms with Gasteiger partial charge in [-0.15, -0.1) is 11.8 Å². The Labute approximate surface area is 88.6 Å². The standard InChI is InChI=1S/C10H15N3S/c1-2-7-14-9-5-3-8(4-6-9)13-10(11)12/h3-6H,2,7H2,1H3,(H4,11,12,13). The molecule has 1 rings (SSSR count). The number of nitrogens with two attached hydrogens (primary N) is 2. The van der Waals surface area contributed by atoms with Crippen molar-refractivity contribution in [1.82, 2.24) is 0 Å². The lowest BCUT2D eigenvalue weighted by atomic mass is 10.3. The molecular formula is C10H15N3S. The van der Waals surface area contributed by atoms with E-state index >= 15 is 0 Å². The van der Waals surface area contributed by atoms with E-state index in [1.165, 1.54) is 11.3 Å². The summed E-state index contributed by atoms with van der Waals surface area (Å²) in [6.45, 7) is 2.17. The molecule has 0 saturated heterocycles. The van der Waals surface area contributed by atoms with Crippen LogP contribution in [0.4, 0.5) is 5.69 Å². The highest BCUT2D eigenvalue weighted by Crippen LogP contribution is 2.21. The molecule has 0 bridgehead atoms. The molecule has 0 aliphatic heterocycles. The first-order valence-electron chi connectivity index (χ1n) is 4.55. The third-order valence-corrected chi connectivity index (χ3v) is 2.79. The summed E-state index contributed by atoms with van der Waals surface area (Å²) in [6.07, 6.45) is 1.18. The number of aliphatic imine (C=N–C) groups is 1. The van der Waals surface area contributed by atoms with E-state index in [-0.39, 0.29) is 5.96 Å². The molecule has 0 aliphatic rings. The molecule has 0 unspecified atom stereocenters. The van der Waals surface area contributed by atoms with Crippen molar-refractivity contribution in [3.05, 3.63) is 24.3 Å². The maximum absolute atomic E-state index is 5.27. The molecule has 0 aliphatic carbocycles. The van der Waals surface area contributed by atoms with Gasteiger partial charge in [0.05, 0.1) is 5.69 Å². The molecule has 0 atom stereocenters. The Kier molecular flexibility index (Phi) is 4.32. The molecule has 0 spiro atoms. The van der Waals surface area contributed by atoms with Gasteiger partial charge in [-0.25, -0.2) is 4.99 Å². The van der Waals surface area contributed by atoms with E-state index in [9.17, 15) is 0 Å². The number of rotatable bonds is 4. The summed E-state index contributed by atoms with van der Waals surface area (Å²) in [6, 6.07) is 7.89. The Bertz CT molecular complexity index is 302. The fourth-order valence-corrected chi connectivity index (χ4v) is 1.75. The molecule has 1 aromatic carbocycles. The highest BCUT2D eigenvalue weighted by Gasteiger charge is 1.93. The van der Waals surface area contributed by atoms with E-state index in [0.29, 0.717) is 0 Å². The third-order valence-electron chi connectivity index (χ3n) is 1.57. The van der Waals surface area contributed by atoms with Crippen molar-refractivity contribution in [1.29, 1.82) is 0 Å². The van der Waals surface area contributed by atoms with Gasteiger partial charge in [0.25, 0.3) is 0 Å². The normalized spacial score (nSPS) is 9.79. The van der Waals surface area contributed by atoms with E-state index in [0.717, 1.165) is 11.4 Å². The number of hydrogen-bond donors (Lipinski definition) is 2. The predicted octanol–water partition coefficient (Wildman–Crippen LogP) is 2.09. The summed E-state index contributed by atoms with van der Waals surface area (Å²) in [7, 11) is 0. The SMILES string of the molecule is CCCSc1ccc(N=C(N)N)cc1. The van der Waals surface area contributed by atoms with Crippen LogP contribution < -0.4 is 11.5 Å². The maximum atomic E-state index is 5.27. The van der Waals surface area contributed by atoms with Crippen molar-refractivity contribution in [3.63, 3.8) is 0 Å². The van der Waals surface area contributed by atoms with E-state index in [1.807, 2.05) is 36.0 Å². The quantitative estimate of drug-likeness (QED) is 0.453. The zero-order valence-corrected chi connectivity index (χ0v) is 9.05. The van der Waals surface area contributed by atoms with Gasteiger partial charge in [-0.1, -0.05) is 6.92 Å². The number of nitrogens with zero attached hydrogens (tertiary/aromatic N) is 1. The van der Waals surface area contributed by atoms with Gasteiger partial charge in [0.1, 0.15) is 0 Å². The lowest BCUT2D eigenvalue weighted by Crippen LogP contribution is -2.21. The molecule has 0 radical (unpaired) electrons. The van der Waals surface area contributed by atoms with E-state index < -0.39 is 0 Å². The van der Waals surface area contributed by atoms with Gasteiger partial charge < -0.3 is 11.5 Å². The second-order valence-corrected chi connectivity index (χ2v) is 4.05. The minimum atomic E-state index is 0.0963. The summed E-state index contributed by atoms with van der Waals surface area (Å²) in [4.78, 5) is 5.20. The van der Waals surface area contributed by atoms with Gasteiger partial charge in [0.15, 0.2) is 5.96 Å². The topological polar surface area (TPSA) is 64.4 Å². The van der Waals surface area contributed by atoms with Gasteiger partial charge in [-0.2, -0.15) is 0 Å². The van der Waals surface area contributed by atoms with Crippen molar-refractivity contribution in [2.24, 2.45) is 16.5 Å². The lowest BCUT2D eigenvalue weighted by molar-refractivity contribution is 1.10. The summed E-state index contributed by atoms with van der Waals surface area (Å²) >= 11 is 1.84. The zero-order chi connectivity index (χ0) is 10.4. The maximum Gasteiger partial charge on any atom is 0.191 e. The Morgan fingerprint density at radius 3 is 2.43 bits per heavy atom. The molecular weight excluding hydrogens is 194 g/mol. The van der Waals surface area contributed by atoms with Crippen molar-refractivity contribution in [2.45, 2.75) is 18.2 Å². The highest BCUT2D eigenvalue weighted by molar-refractivity contribution is 7.99. The van der Waals surface area contributed by atoms with Gasteiger partial charge >= 0.3 is 0 Å². The van der Waals surface area contributed by atoms with E-state index in [2.05, 4.69) is 11.9 Å². The molecule has 0 aromatic heterocycles. The Balaban J connectivity index is 2.64. The Morgan fingerprint density at radius 1 is 1.29 bits per heavy atom. The number of guanidine groups is 1. The first kappa shape index (κ1) is 10.9. The first-order valence-corrected chi connectivity index (χ1v) is 5.53. The third kappa shape index (κ3) is 3.70. The van der Waals surface area contributed by atoms with Crippen molar-refractivity contribution < 1.29 is 0 Å². The van der Waals surface area contributed by atoms with Crippen molar-refractivity contribution in [2.75, 3.05) is 5.75 Å². The minimum absolute atomic E-state index is 0.0963. The monoisotopic (exact) mass is 209 g/mol. The number of benzene rings is 1. The van der Waals surface area contributed by atoms with Crippen LogP contribution in [0.3, 0.4) is 0 Å². The molecule has 4 N–H and O–H groups in total. The van der Waals surface area contributed by atoms with Gasteiger partial charge in [0, 0.05) is 4.90 Å². The van der Waals surface area contributed by atoms with E-state index in [4.69, 9.17) is 11.5 Å². The van der Waals surface area contributed by atoms with Crippen LogP contribution in [0.1, 0.15) is 13.3 Å². The molecule has 0 saturated carbocycles. The van der Waals surface area contributed by atoms with Crippen LogP contribution in [0.15, 0.2) is 34.2 Å². The second kappa shape index (κ2) is 5.54. The van der Waals surface area contributed by atoms with Crippen LogP contribution in [0.25, 0.3) is 0 Å². The zero-order valence-electron chi connectivity index (χ0n) is 8.23. The van der Waals surface area contributed by atoms with Crippen LogP contribution >= 0.6 is 11.8 Å². The van der Waals surface area contributed by atoms with E-state index in [1.54, 1.807) is 0 Å². The summed E-state index contributed by atoms with van der Waals surface area (Å²) < 4.78 is 0. The van der Waals surface area contributed by atoms with Gasteiger partial charge in [-0.05, 0) is 36.4 Å². The molecule has 0 amide bonds. The summed E-state index contributed by atoms with van der Waals surface area (Å²) in [5.41, 5.74) is 11.3. The first-order chi connectivity index (χ1) is 6.72. The van der Waals surface area contributed by atoms with Crippen LogP contribution in [0.2, 0.25) is 0 Å². The second-order valence-electron chi connectivity index (χ2n) is 2.88. The van der Waals surface area contributed by atoms with Crippen LogP contribution in [-0.2, 0) is 0 Å². The summed E-state index contributed by atoms with van der Waals surface area (Å²) in [5, 5.41) is 0. The average molecular weight is 209 g/mol. The predicted molar refractivity (Wildman–Crippen MR) is 62.9 cm³/mol. The highest BCUT2D eigenvalue weighted by atomic mass is 32.2. The molecule has 4 heteroatoms. The lowest BCUT2D eigenvalue weighted by Gasteiger charge is -2.00. The Hall–Kier alpha value is -1.16. The largest absolute Gasteiger partial charge is 0.370 e. The van der Waals surface area contributed by atoms with Crippen molar-refractivity contribution in [3.8, 4) is 0 Å². The fraction of sp³-hybridized carbons (Fsp3) is 0.300. The molecule has 1 aromatic rings. The molecule has 76 valence electrons. The van der Waals surface area contributed by atoms with Gasteiger partial charge in [-0.3, -0.25) is 0 Å². The molecule has 0 heterocycles. The molecule has 14 heavy (non-hydrogen) atoms. The molecule has 0 fully saturated rings. The van der Waals surface area contributed by atoms with Crippen molar-refractivity contribution >= 4 is 23.4 Å². The van der Waals surface area contributed by atoms with Gasteiger partial charge in [0.2, 0.25) is 0 Å². The van der Waals surface area contributed by atoms with Crippen LogP contribution in [-0.4, -0.2) is 11.7 Å². The number of thioether (sulfide) groups is 1. The average Bonchev–Trinajstić information content (AvgIpc) is 2.16. The van der Waals surface area contributed by atoms with Crippen LogP contribution in [0.5, 0.6) is 0 Å².